The van der Waals surface area contributed by atoms with Gasteiger partial charge in [-0.3, -0.25) is 4.79 Å². The molecule has 0 N–H and O–H groups in total. The van der Waals surface area contributed by atoms with E-state index >= 15 is 0 Å². The lowest BCUT2D eigenvalue weighted by molar-refractivity contribution is -0.104. The van der Waals surface area contributed by atoms with Gasteiger partial charge in [-0.25, -0.2) is 0 Å². The van der Waals surface area contributed by atoms with Gasteiger partial charge >= 0.3 is 0 Å². The fourth-order valence-corrected chi connectivity index (χ4v) is 2.29. The van der Waals surface area contributed by atoms with E-state index in [-0.39, 0.29) is 6.10 Å². The van der Waals surface area contributed by atoms with Crippen LogP contribution in [0.15, 0.2) is 47.1 Å². The van der Waals surface area contributed by atoms with Gasteiger partial charge in [0.2, 0.25) is 0 Å². The van der Waals surface area contributed by atoms with Crippen LogP contribution >= 0.6 is 15.9 Å². The summed E-state index contributed by atoms with van der Waals surface area (Å²) in [6.07, 6.45) is 1.76. The Labute approximate surface area is 122 Å². The first-order chi connectivity index (χ1) is 9.03. The van der Waals surface area contributed by atoms with Gasteiger partial charge in [-0.2, -0.15) is 0 Å². The number of benzene rings is 1. The molecule has 0 aromatic heterocycles. The third-order valence-corrected chi connectivity index (χ3v) is 3.25. The molecule has 0 aliphatic heterocycles. The predicted molar refractivity (Wildman–Crippen MR) is 82.1 cm³/mol. The van der Waals surface area contributed by atoms with Crippen LogP contribution in [-0.4, -0.2) is 19.5 Å². The molecule has 0 saturated heterocycles. The van der Waals surface area contributed by atoms with Crippen molar-refractivity contribution in [2.45, 2.75) is 19.4 Å². The van der Waals surface area contributed by atoms with Gasteiger partial charge in [-0.05, 0) is 35.8 Å². The molecule has 100 valence electrons. The minimum absolute atomic E-state index is 0.122. The molecule has 1 aliphatic carbocycles. The predicted octanol–water partition coefficient (Wildman–Crippen LogP) is 3.95. The van der Waals surface area contributed by atoms with Crippen molar-refractivity contribution in [2.75, 3.05) is 7.11 Å². The first-order valence-electron chi connectivity index (χ1n) is 5.85. The first-order valence-corrected chi connectivity index (χ1v) is 6.65. The molecule has 0 radical (unpaired) electrons. The Morgan fingerprint density at radius 1 is 1.58 bits per heavy atom. The molecule has 1 unspecified atom stereocenters. The van der Waals surface area contributed by atoms with E-state index in [1.807, 2.05) is 6.07 Å². The molecule has 1 atom stereocenters. The van der Waals surface area contributed by atoms with Crippen LogP contribution in [0.1, 0.15) is 18.1 Å². The summed E-state index contributed by atoms with van der Waals surface area (Å²) in [5.74, 6) is 0. The Kier molecular flexibility index (Phi) is 5.97. The normalized spacial score (nSPS) is 15.9. The quantitative estimate of drug-likeness (QED) is 0.468. The third-order valence-electron chi connectivity index (χ3n) is 2.76. The van der Waals surface area contributed by atoms with Gasteiger partial charge in [0, 0.05) is 23.6 Å². The molecule has 0 fully saturated rings. The molecule has 0 bridgehead atoms. The molecule has 2 nitrogen and oxygen atoms in total. The topological polar surface area (TPSA) is 26.3 Å². The Morgan fingerprint density at radius 2 is 2.21 bits per heavy atom. The van der Waals surface area contributed by atoms with Gasteiger partial charge in [0.25, 0.3) is 0 Å². The van der Waals surface area contributed by atoms with E-state index in [9.17, 15) is 4.79 Å². The fourth-order valence-electron chi connectivity index (χ4n) is 1.88. The number of ether oxygens (including phenoxy) is 1. The lowest BCUT2D eigenvalue weighted by Crippen LogP contribution is -2.07. The van der Waals surface area contributed by atoms with Crippen molar-refractivity contribution in [3.8, 4) is 0 Å². The lowest BCUT2D eigenvalue weighted by atomic mass is 10.1. The number of carbonyl (C=O) groups is 1. The van der Waals surface area contributed by atoms with E-state index in [0.29, 0.717) is 5.57 Å². The highest BCUT2D eigenvalue weighted by molar-refractivity contribution is 9.10. The number of hydrogen-bond donors (Lipinski definition) is 0. The molecule has 19 heavy (non-hydrogen) atoms. The largest absolute Gasteiger partial charge is 0.376 e. The van der Waals surface area contributed by atoms with E-state index in [2.05, 4.69) is 47.0 Å². The molecule has 3 heteroatoms. The van der Waals surface area contributed by atoms with Crippen LogP contribution in [0.2, 0.25) is 0 Å². The second-order valence-corrected chi connectivity index (χ2v) is 5.20. The number of halogens is 1. The molecular formula is C16H17BrO2. The van der Waals surface area contributed by atoms with Gasteiger partial charge in [-0.15, -0.1) is 5.73 Å². The van der Waals surface area contributed by atoms with Crippen molar-refractivity contribution < 1.29 is 9.53 Å². The maximum Gasteiger partial charge on any atom is 0.145 e. The second-order valence-electron chi connectivity index (χ2n) is 4.28. The molecule has 0 saturated carbocycles. The van der Waals surface area contributed by atoms with Gasteiger partial charge in [0.05, 0.1) is 6.10 Å². The summed E-state index contributed by atoms with van der Waals surface area (Å²) >= 11 is 3.46. The summed E-state index contributed by atoms with van der Waals surface area (Å²) in [6.45, 7) is 8.67. The zero-order valence-electron chi connectivity index (χ0n) is 11.2. The van der Waals surface area contributed by atoms with Crippen molar-refractivity contribution in [1.82, 2.24) is 0 Å². The van der Waals surface area contributed by atoms with Crippen molar-refractivity contribution in [2.24, 2.45) is 0 Å². The highest BCUT2D eigenvalue weighted by atomic mass is 79.9. The smallest absolute Gasteiger partial charge is 0.145 e. The average Bonchev–Trinajstić information content (AvgIpc) is 2.75. The molecule has 0 spiro atoms. The van der Waals surface area contributed by atoms with Crippen molar-refractivity contribution in [3.05, 3.63) is 58.3 Å². The monoisotopic (exact) mass is 320 g/mol. The van der Waals surface area contributed by atoms with Crippen LogP contribution in [0, 0.1) is 0 Å². The van der Waals surface area contributed by atoms with E-state index in [4.69, 9.17) is 4.74 Å². The Morgan fingerprint density at radius 3 is 2.68 bits per heavy atom. The highest BCUT2D eigenvalue weighted by Crippen LogP contribution is 2.34. The van der Waals surface area contributed by atoms with E-state index < -0.39 is 0 Å². The van der Waals surface area contributed by atoms with Crippen LogP contribution < -0.4 is 0 Å². The maximum absolute atomic E-state index is 9.41. The summed E-state index contributed by atoms with van der Waals surface area (Å²) in [4.78, 5) is 9.41. The molecule has 0 heterocycles. The van der Waals surface area contributed by atoms with Crippen LogP contribution in [0.4, 0.5) is 0 Å². The zero-order chi connectivity index (χ0) is 14.4. The summed E-state index contributed by atoms with van der Waals surface area (Å²) in [5, 5.41) is 0. The Hall–Kier alpha value is -1.41. The maximum atomic E-state index is 9.41. The fraction of sp³-hybridized carbons (Fsp3) is 0.250. The van der Waals surface area contributed by atoms with Crippen molar-refractivity contribution in [1.29, 1.82) is 0 Å². The molecule has 0 amide bonds. The molecular weight excluding hydrogens is 304 g/mol. The van der Waals surface area contributed by atoms with Gasteiger partial charge in [-0.1, -0.05) is 35.2 Å². The summed E-state index contributed by atoms with van der Waals surface area (Å²) < 4.78 is 6.49. The second kappa shape index (κ2) is 7.25. The molecule has 1 aliphatic rings. The molecule has 2 rings (SSSR count). The SMILES string of the molecule is C=C(C)C=O.C=C=C1c2ccc(Br)cc2CC1OC. The van der Waals surface area contributed by atoms with E-state index in [1.54, 1.807) is 14.0 Å². The minimum atomic E-state index is 0.122. The number of carbonyl (C=O) groups excluding carboxylic acids is 1. The summed E-state index contributed by atoms with van der Waals surface area (Å²) in [7, 11) is 1.73. The van der Waals surface area contributed by atoms with Gasteiger partial charge in [0.15, 0.2) is 0 Å². The number of allylic oxidation sites excluding steroid dienone is 1. The van der Waals surface area contributed by atoms with Gasteiger partial charge in [0.1, 0.15) is 6.29 Å². The van der Waals surface area contributed by atoms with Crippen molar-refractivity contribution in [3.63, 3.8) is 0 Å². The van der Waals surface area contributed by atoms with Crippen LogP contribution in [-0.2, 0) is 16.0 Å². The van der Waals surface area contributed by atoms with Crippen molar-refractivity contribution >= 4 is 27.8 Å². The van der Waals surface area contributed by atoms with E-state index in [1.165, 1.54) is 11.1 Å². The number of hydrogen-bond acceptors (Lipinski definition) is 2. The summed E-state index contributed by atoms with van der Waals surface area (Å²) in [5.41, 5.74) is 7.14. The first kappa shape index (κ1) is 15.6. The van der Waals surface area contributed by atoms with Crippen LogP contribution in [0.25, 0.3) is 5.57 Å². The number of aldehydes is 1. The van der Waals surface area contributed by atoms with Gasteiger partial charge < -0.3 is 4.74 Å². The number of methoxy groups -OCH3 is 1. The highest BCUT2D eigenvalue weighted by Gasteiger charge is 2.26. The standard InChI is InChI=1S/C12H11BrO.C4H6O/c1-3-10-11-5-4-9(13)6-8(11)7-12(10)14-2;1-4(2)3-5/h4-6,12H,1,7H2,2H3;3H,1H2,2H3. The number of fused-ring (bicyclic) bond motifs is 1. The average molecular weight is 321 g/mol. The van der Waals surface area contributed by atoms with E-state index in [0.717, 1.165) is 22.8 Å². The number of rotatable bonds is 2. The molecule has 1 aromatic rings. The lowest BCUT2D eigenvalue weighted by Gasteiger charge is -2.06. The summed E-state index contributed by atoms with van der Waals surface area (Å²) in [6, 6.07) is 6.26. The Balaban J connectivity index is 0.000000312. The zero-order valence-corrected chi connectivity index (χ0v) is 12.8. The molecule has 1 aromatic carbocycles. The minimum Gasteiger partial charge on any atom is -0.376 e. The Bertz CT molecular complexity index is 540. The van der Waals surface area contributed by atoms with Crippen LogP contribution in [0.3, 0.4) is 0 Å². The third kappa shape index (κ3) is 4.03. The van der Waals surface area contributed by atoms with Crippen LogP contribution in [0.5, 0.6) is 0 Å².